The fourth-order valence-corrected chi connectivity index (χ4v) is 4.09. The minimum atomic E-state index is -0.0848. The maximum absolute atomic E-state index is 12.7. The summed E-state index contributed by atoms with van der Waals surface area (Å²) in [6.45, 7) is 6.55. The van der Waals surface area contributed by atoms with Crippen molar-refractivity contribution in [3.05, 3.63) is 28.8 Å². The molecule has 1 aromatic carbocycles. The highest BCUT2D eigenvalue weighted by atomic mass is 32.1. The summed E-state index contributed by atoms with van der Waals surface area (Å²) in [6.07, 6.45) is 11.3. The van der Waals surface area contributed by atoms with Crippen molar-refractivity contribution < 1.29 is 4.79 Å². The Morgan fingerprint density at radius 1 is 1.12 bits per heavy atom. The zero-order valence-corrected chi connectivity index (χ0v) is 17.0. The predicted octanol–water partition coefficient (Wildman–Crippen LogP) is 5.85. The number of hydrogen-bond donors (Lipinski definition) is 2. The second-order valence-corrected chi connectivity index (χ2v) is 7.57. The number of benzene rings is 1. The molecule has 1 aromatic rings. The van der Waals surface area contributed by atoms with Gasteiger partial charge in [0.15, 0.2) is 0 Å². The summed E-state index contributed by atoms with van der Waals surface area (Å²) in [6, 6.07) is 4.77. The van der Waals surface area contributed by atoms with Gasteiger partial charge in [-0.2, -0.15) is 0 Å². The molecule has 3 nitrogen and oxygen atoms in total. The van der Waals surface area contributed by atoms with E-state index in [0.29, 0.717) is 6.04 Å². The molecule has 1 aliphatic rings. The van der Waals surface area contributed by atoms with Gasteiger partial charge in [-0.05, 0) is 55.2 Å². The average Bonchev–Trinajstić information content (AvgIpc) is 3.13. The molecule has 0 spiro atoms. The normalized spacial score (nSPS) is 14.7. The molecule has 1 aliphatic carbocycles. The lowest BCUT2D eigenvalue weighted by Gasteiger charge is -2.25. The second-order valence-electron chi connectivity index (χ2n) is 7.17. The van der Waals surface area contributed by atoms with Crippen LogP contribution in [-0.2, 0) is 19.3 Å². The van der Waals surface area contributed by atoms with Gasteiger partial charge in [0.05, 0.1) is 5.69 Å². The van der Waals surface area contributed by atoms with E-state index in [2.05, 4.69) is 51.0 Å². The molecule has 25 heavy (non-hydrogen) atoms. The third-order valence-electron chi connectivity index (χ3n) is 5.25. The zero-order chi connectivity index (χ0) is 18.2. The van der Waals surface area contributed by atoms with Crippen LogP contribution in [0.3, 0.4) is 0 Å². The number of rotatable bonds is 8. The molecule has 0 saturated heterocycles. The number of hydrogen-bond acceptors (Lipinski definition) is 2. The SMILES string of the molecule is CCCCCc1cc(CC)c(N(S)C(=O)NC2CCCC2)c(CC)c1. The summed E-state index contributed by atoms with van der Waals surface area (Å²) >= 11 is 4.58. The van der Waals surface area contributed by atoms with Crippen LogP contribution in [0.15, 0.2) is 12.1 Å². The third-order valence-corrected chi connectivity index (χ3v) is 5.63. The molecule has 140 valence electrons. The van der Waals surface area contributed by atoms with Crippen molar-refractivity contribution in [2.24, 2.45) is 0 Å². The maximum Gasteiger partial charge on any atom is 0.332 e. The van der Waals surface area contributed by atoms with E-state index in [0.717, 1.165) is 37.8 Å². The van der Waals surface area contributed by atoms with E-state index in [1.54, 1.807) is 4.31 Å². The van der Waals surface area contributed by atoms with Crippen molar-refractivity contribution in [3.8, 4) is 0 Å². The summed E-state index contributed by atoms with van der Waals surface area (Å²) in [4.78, 5) is 12.7. The minimum Gasteiger partial charge on any atom is -0.334 e. The van der Waals surface area contributed by atoms with Gasteiger partial charge in [0, 0.05) is 6.04 Å². The monoisotopic (exact) mass is 362 g/mol. The quantitative estimate of drug-likeness (QED) is 0.441. The number of aryl methyl sites for hydroxylation is 3. The molecule has 0 aromatic heterocycles. The van der Waals surface area contributed by atoms with Crippen LogP contribution in [0, 0.1) is 0 Å². The minimum absolute atomic E-state index is 0.0848. The van der Waals surface area contributed by atoms with Crippen molar-refractivity contribution >= 4 is 24.5 Å². The molecule has 0 bridgehead atoms. The van der Waals surface area contributed by atoms with Crippen molar-refractivity contribution in [2.75, 3.05) is 4.31 Å². The van der Waals surface area contributed by atoms with Crippen molar-refractivity contribution in [2.45, 2.75) is 91.0 Å². The molecular weight excluding hydrogens is 328 g/mol. The summed E-state index contributed by atoms with van der Waals surface area (Å²) in [5.41, 5.74) is 4.83. The second kappa shape index (κ2) is 10.1. The van der Waals surface area contributed by atoms with Gasteiger partial charge in [-0.3, -0.25) is 0 Å². The molecule has 2 rings (SSSR count). The number of unbranched alkanes of at least 4 members (excludes halogenated alkanes) is 2. The van der Waals surface area contributed by atoms with Crippen molar-refractivity contribution in [3.63, 3.8) is 0 Å². The number of anilines is 1. The topological polar surface area (TPSA) is 32.3 Å². The lowest BCUT2D eigenvalue weighted by Crippen LogP contribution is -2.40. The van der Waals surface area contributed by atoms with E-state index in [1.165, 1.54) is 48.8 Å². The van der Waals surface area contributed by atoms with E-state index >= 15 is 0 Å². The van der Waals surface area contributed by atoms with Crippen molar-refractivity contribution in [1.82, 2.24) is 5.32 Å². The van der Waals surface area contributed by atoms with Gasteiger partial charge < -0.3 is 5.32 Å². The molecule has 1 fully saturated rings. The summed E-state index contributed by atoms with van der Waals surface area (Å²) in [5, 5.41) is 3.15. The molecule has 0 radical (unpaired) electrons. The standard InChI is InChI=1S/C21H34N2OS/c1-4-7-8-11-16-14-17(5-2)20(18(6-3)15-16)23(25)21(24)22-19-12-9-10-13-19/h14-15,19,25H,4-13H2,1-3H3,(H,22,24). The first-order chi connectivity index (χ1) is 12.1. The molecule has 0 aliphatic heterocycles. The Kier molecular flexibility index (Phi) is 8.14. The molecular formula is C21H34N2OS. The highest BCUT2D eigenvalue weighted by molar-refractivity contribution is 7.82. The Morgan fingerprint density at radius 2 is 1.72 bits per heavy atom. The number of urea groups is 1. The van der Waals surface area contributed by atoms with Gasteiger partial charge in [0.1, 0.15) is 0 Å². The van der Waals surface area contributed by atoms with E-state index in [4.69, 9.17) is 0 Å². The zero-order valence-electron chi connectivity index (χ0n) is 16.1. The highest BCUT2D eigenvalue weighted by Gasteiger charge is 2.23. The Hall–Kier alpha value is -1.16. The lowest BCUT2D eigenvalue weighted by atomic mass is 9.96. The highest BCUT2D eigenvalue weighted by Crippen LogP contribution is 2.31. The van der Waals surface area contributed by atoms with Gasteiger partial charge in [-0.25, -0.2) is 9.10 Å². The fourth-order valence-electron chi connectivity index (χ4n) is 3.77. The number of thiol groups is 1. The van der Waals surface area contributed by atoms with Gasteiger partial charge in [-0.1, -0.05) is 71.4 Å². The first-order valence-corrected chi connectivity index (χ1v) is 10.4. The van der Waals surface area contributed by atoms with Gasteiger partial charge in [0.2, 0.25) is 0 Å². The molecule has 1 N–H and O–H groups in total. The van der Waals surface area contributed by atoms with Crippen LogP contribution in [0.1, 0.15) is 82.4 Å². The predicted molar refractivity (Wildman–Crippen MR) is 111 cm³/mol. The van der Waals surface area contributed by atoms with Crippen LogP contribution in [0.2, 0.25) is 0 Å². The van der Waals surface area contributed by atoms with Crippen LogP contribution in [0.25, 0.3) is 0 Å². The van der Waals surface area contributed by atoms with Gasteiger partial charge >= 0.3 is 6.03 Å². The number of nitrogens with zero attached hydrogens (tertiary/aromatic N) is 1. The van der Waals surface area contributed by atoms with Crippen LogP contribution in [0.5, 0.6) is 0 Å². The average molecular weight is 363 g/mol. The Balaban J connectivity index is 2.20. The Bertz CT molecular complexity index is 542. The van der Waals surface area contributed by atoms with Crippen LogP contribution < -0.4 is 9.62 Å². The smallest absolute Gasteiger partial charge is 0.332 e. The molecule has 0 heterocycles. The summed E-state index contributed by atoms with van der Waals surface area (Å²) in [5.74, 6) is 0. The number of carbonyl (C=O) groups excluding carboxylic acids is 1. The van der Waals surface area contributed by atoms with Crippen molar-refractivity contribution in [1.29, 1.82) is 0 Å². The Labute approximate surface area is 159 Å². The number of amides is 2. The Morgan fingerprint density at radius 3 is 2.24 bits per heavy atom. The van der Waals surface area contributed by atoms with Crippen LogP contribution >= 0.6 is 12.8 Å². The molecule has 0 unspecified atom stereocenters. The van der Waals surface area contributed by atoms with Gasteiger partial charge in [-0.15, -0.1) is 0 Å². The van der Waals surface area contributed by atoms with E-state index < -0.39 is 0 Å². The largest absolute Gasteiger partial charge is 0.334 e. The molecule has 4 heteroatoms. The summed E-state index contributed by atoms with van der Waals surface area (Å²) < 4.78 is 1.55. The van der Waals surface area contributed by atoms with E-state index in [9.17, 15) is 4.79 Å². The lowest BCUT2D eigenvalue weighted by molar-refractivity contribution is 0.246. The number of nitrogens with one attached hydrogen (secondary N) is 1. The summed E-state index contributed by atoms with van der Waals surface area (Å²) in [7, 11) is 0. The number of carbonyl (C=O) groups is 1. The van der Waals surface area contributed by atoms with Gasteiger partial charge in [0.25, 0.3) is 0 Å². The first kappa shape index (κ1) is 20.2. The van der Waals surface area contributed by atoms with E-state index in [-0.39, 0.29) is 6.03 Å². The fraction of sp³-hybridized carbons (Fsp3) is 0.667. The molecule has 2 amide bonds. The maximum atomic E-state index is 12.7. The van der Waals surface area contributed by atoms with E-state index in [1.807, 2.05) is 0 Å². The van der Waals surface area contributed by atoms with Crippen LogP contribution in [0.4, 0.5) is 10.5 Å². The third kappa shape index (κ3) is 5.40. The molecule has 1 saturated carbocycles. The molecule has 0 atom stereocenters. The first-order valence-electron chi connectivity index (χ1n) is 10.0. The van der Waals surface area contributed by atoms with Crippen LogP contribution in [-0.4, -0.2) is 12.1 Å².